The van der Waals surface area contributed by atoms with Crippen LogP contribution < -0.4 is 14.8 Å². The largest absolute Gasteiger partial charge is 0.454 e. The summed E-state index contributed by atoms with van der Waals surface area (Å²) in [6.45, 7) is 4.40. The molecule has 1 aliphatic rings. The van der Waals surface area contributed by atoms with Gasteiger partial charge in [0.05, 0.1) is 0 Å². The first-order chi connectivity index (χ1) is 13.1. The summed E-state index contributed by atoms with van der Waals surface area (Å²) in [6.07, 6.45) is 2.83. The number of hydrogen-bond donors (Lipinski definition) is 1. The number of fused-ring (bicyclic) bond motifs is 1. The van der Waals surface area contributed by atoms with Crippen molar-refractivity contribution in [2.24, 2.45) is 0 Å². The molecule has 0 atom stereocenters. The lowest BCUT2D eigenvalue weighted by atomic mass is 10.1. The monoisotopic (exact) mass is 373 g/mol. The van der Waals surface area contributed by atoms with Crippen LogP contribution in [-0.4, -0.2) is 41.8 Å². The molecule has 0 radical (unpaired) electrons. The van der Waals surface area contributed by atoms with Crippen molar-refractivity contribution in [2.75, 3.05) is 25.2 Å². The molecule has 1 aromatic carbocycles. The molecule has 0 spiro atoms. The van der Waals surface area contributed by atoms with Crippen LogP contribution in [0.2, 0.25) is 0 Å². The van der Waals surface area contributed by atoms with Gasteiger partial charge in [0, 0.05) is 18.2 Å². The van der Waals surface area contributed by atoms with Gasteiger partial charge >= 0.3 is 0 Å². The summed E-state index contributed by atoms with van der Waals surface area (Å²) in [5, 5.41) is 6.39. The predicted octanol–water partition coefficient (Wildman–Crippen LogP) is 2.98. The number of amides is 2. The van der Waals surface area contributed by atoms with Gasteiger partial charge in [-0.2, -0.15) is 0 Å². The van der Waals surface area contributed by atoms with E-state index in [1.54, 1.807) is 31.2 Å². The molecule has 8 heteroatoms. The molecule has 0 saturated carbocycles. The molecule has 0 aliphatic carbocycles. The number of ether oxygens (including phenoxy) is 2. The van der Waals surface area contributed by atoms with Crippen molar-refractivity contribution in [1.82, 2.24) is 10.1 Å². The lowest BCUT2D eigenvalue weighted by molar-refractivity contribution is -0.117. The van der Waals surface area contributed by atoms with E-state index in [1.165, 1.54) is 4.90 Å². The molecule has 2 amide bonds. The third kappa shape index (κ3) is 4.78. The molecule has 3 rings (SSSR count). The van der Waals surface area contributed by atoms with E-state index in [0.717, 1.165) is 19.3 Å². The SMILES string of the molecule is CCCCCN(CC(=O)Nc1cc(C)on1)C(=O)c1ccc2c(c1)OCO2. The summed E-state index contributed by atoms with van der Waals surface area (Å²) in [5.74, 6) is 1.54. The van der Waals surface area contributed by atoms with E-state index in [-0.39, 0.29) is 25.2 Å². The summed E-state index contributed by atoms with van der Waals surface area (Å²) in [7, 11) is 0. The molecule has 1 aromatic heterocycles. The quantitative estimate of drug-likeness (QED) is 0.715. The van der Waals surface area contributed by atoms with Gasteiger partial charge in [-0.05, 0) is 31.5 Å². The number of nitrogens with zero attached hydrogens (tertiary/aromatic N) is 2. The second-order valence-corrected chi connectivity index (χ2v) is 6.37. The van der Waals surface area contributed by atoms with Crippen molar-refractivity contribution in [3.63, 3.8) is 0 Å². The van der Waals surface area contributed by atoms with Gasteiger partial charge in [-0.3, -0.25) is 9.59 Å². The summed E-state index contributed by atoms with van der Waals surface area (Å²) < 4.78 is 15.6. The van der Waals surface area contributed by atoms with E-state index in [2.05, 4.69) is 17.4 Å². The van der Waals surface area contributed by atoms with E-state index >= 15 is 0 Å². The number of benzene rings is 1. The Labute approximate surface area is 157 Å². The lowest BCUT2D eigenvalue weighted by Gasteiger charge is -2.22. The number of anilines is 1. The Bertz CT molecular complexity index is 817. The maximum absolute atomic E-state index is 12.9. The van der Waals surface area contributed by atoms with Gasteiger partial charge in [0.15, 0.2) is 17.3 Å². The van der Waals surface area contributed by atoms with Crippen LogP contribution in [0.4, 0.5) is 5.82 Å². The standard InChI is InChI=1S/C19H23N3O5/c1-3-4-5-8-22(11-18(23)20-17-9-13(2)27-21-17)19(24)14-6-7-15-16(10-14)26-12-25-15/h6-7,9-10H,3-5,8,11-12H2,1-2H3,(H,20,21,23). The first-order valence-corrected chi connectivity index (χ1v) is 8.99. The van der Waals surface area contributed by atoms with Gasteiger partial charge < -0.3 is 24.2 Å². The van der Waals surface area contributed by atoms with Crippen LogP contribution in [0.15, 0.2) is 28.8 Å². The second kappa shape index (κ2) is 8.57. The Kier molecular flexibility index (Phi) is 5.95. The Morgan fingerprint density at radius 3 is 2.74 bits per heavy atom. The van der Waals surface area contributed by atoms with Crippen molar-refractivity contribution >= 4 is 17.6 Å². The Hall–Kier alpha value is -3.03. The second-order valence-electron chi connectivity index (χ2n) is 6.37. The van der Waals surface area contributed by atoms with Gasteiger partial charge in [-0.1, -0.05) is 24.9 Å². The number of aryl methyl sites for hydroxylation is 1. The molecule has 0 fully saturated rings. The minimum absolute atomic E-state index is 0.0666. The maximum atomic E-state index is 12.9. The minimum atomic E-state index is -0.325. The van der Waals surface area contributed by atoms with Crippen LogP contribution in [0.5, 0.6) is 11.5 Å². The molecule has 27 heavy (non-hydrogen) atoms. The Morgan fingerprint density at radius 1 is 1.19 bits per heavy atom. The average molecular weight is 373 g/mol. The third-order valence-electron chi connectivity index (χ3n) is 4.17. The van der Waals surface area contributed by atoms with E-state index in [0.29, 0.717) is 35.2 Å². The fourth-order valence-electron chi connectivity index (χ4n) is 2.80. The Morgan fingerprint density at radius 2 is 2.00 bits per heavy atom. The zero-order valence-electron chi connectivity index (χ0n) is 15.5. The van der Waals surface area contributed by atoms with Gasteiger partial charge in [0.1, 0.15) is 12.3 Å². The van der Waals surface area contributed by atoms with Crippen LogP contribution in [-0.2, 0) is 4.79 Å². The average Bonchev–Trinajstić information content (AvgIpc) is 3.28. The lowest BCUT2D eigenvalue weighted by Crippen LogP contribution is -2.38. The molecular weight excluding hydrogens is 350 g/mol. The van der Waals surface area contributed by atoms with Crippen LogP contribution >= 0.6 is 0 Å². The molecule has 0 unspecified atom stereocenters. The van der Waals surface area contributed by atoms with E-state index in [1.807, 2.05) is 0 Å². The molecule has 0 bridgehead atoms. The fourth-order valence-corrected chi connectivity index (χ4v) is 2.80. The summed E-state index contributed by atoms with van der Waals surface area (Å²) in [6, 6.07) is 6.66. The molecule has 8 nitrogen and oxygen atoms in total. The molecule has 0 saturated heterocycles. The zero-order valence-corrected chi connectivity index (χ0v) is 15.5. The highest BCUT2D eigenvalue weighted by atomic mass is 16.7. The predicted molar refractivity (Wildman–Crippen MR) is 97.9 cm³/mol. The molecule has 1 aliphatic heterocycles. The number of aromatic nitrogens is 1. The van der Waals surface area contributed by atoms with Gasteiger partial charge in [0.25, 0.3) is 5.91 Å². The Balaban J connectivity index is 1.69. The molecule has 144 valence electrons. The van der Waals surface area contributed by atoms with Crippen LogP contribution in [0, 0.1) is 6.92 Å². The van der Waals surface area contributed by atoms with Crippen molar-refractivity contribution in [3.8, 4) is 11.5 Å². The van der Waals surface area contributed by atoms with Crippen molar-refractivity contribution in [2.45, 2.75) is 33.1 Å². The van der Waals surface area contributed by atoms with Gasteiger partial charge in [0.2, 0.25) is 12.7 Å². The highest BCUT2D eigenvalue weighted by molar-refractivity contribution is 5.99. The van der Waals surface area contributed by atoms with Crippen LogP contribution in [0.25, 0.3) is 0 Å². The van der Waals surface area contributed by atoms with E-state index in [9.17, 15) is 9.59 Å². The summed E-state index contributed by atoms with van der Waals surface area (Å²) >= 11 is 0. The minimum Gasteiger partial charge on any atom is -0.454 e. The number of carbonyl (C=O) groups is 2. The first-order valence-electron chi connectivity index (χ1n) is 8.99. The zero-order chi connectivity index (χ0) is 19.2. The normalized spacial score (nSPS) is 12.1. The smallest absolute Gasteiger partial charge is 0.254 e. The first kappa shape index (κ1) is 18.8. The van der Waals surface area contributed by atoms with Crippen LogP contribution in [0.1, 0.15) is 42.3 Å². The number of nitrogens with one attached hydrogen (secondary N) is 1. The van der Waals surface area contributed by atoms with Crippen molar-refractivity contribution in [3.05, 3.63) is 35.6 Å². The topological polar surface area (TPSA) is 93.9 Å². The van der Waals surface area contributed by atoms with Gasteiger partial charge in [-0.25, -0.2) is 0 Å². The van der Waals surface area contributed by atoms with E-state index in [4.69, 9.17) is 14.0 Å². The highest BCUT2D eigenvalue weighted by Crippen LogP contribution is 2.32. The molecule has 1 N–H and O–H groups in total. The van der Waals surface area contributed by atoms with Crippen molar-refractivity contribution in [1.29, 1.82) is 0 Å². The maximum Gasteiger partial charge on any atom is 0.254 e. The number of hydrogen-bond acceptors (Lipinski definition) is 6. The summed E-state index contributed by atoms with van der Waals surface area (Å²) in [4.78, 5) is 26.8. The van der Waals surface area contributed by atoms with Gasteiger partial charge in [-0.15, -0.1) is 0 Å². The third-order valence-corrected chi connectivity index (χ3v) is 4.17. The fraction of sp³-hybridized carbons (Fsp3) is 0.421. The number of unbranched alkanes of at least 4 members (excludes halogenated alkanes) is 2. The summed E-state index contributed by atoms with van der Waals surface area (Å²) in [5.41, 5.74) is 0.459. The number of carbonyl (C=O) groups excluding carboxylic acids is 2. The van der Waals surface area contributed by atoms with Crippen LogP contribution in [0.3, 0.4) is 0 Å². The highest BCUT2D eigenvalue weighted by Gasteiger charge is 2.22. The van der Waals surface area contributed by atoms with Crippen molar-refractivity contribution < 1.29 is 23.6 Å². The molecule has 2 aromatic rings. The van der Waals surface area contributed by atoms with E-state index < -0.39 is 0 Å². The molecule has 2 heterocycles. The molecular formula is C19H23N3O5. The number of rotatable bonds is 8.